The summed E-state index contributed by atoms with van der Waals surface area (Å²) in [5.41, 5.74) is 1.83. The van der Waals surface area contributed by atoms with Crippen molar-refractivity contribution < 1.29 is 0 Å². The largest absolute Gasteiger partial charge is 0.346 e. The number of hydrogen-bond donors (Lipinski definition) is 0. The highest BCUT2D eigenvalue weighted by molar-refractivity contribution is 7.15. The Morgan fingerprint density at radius 1 is 1.22 bits per heavy atom. The molecule has 6 nitrogen and oxygen atoms in total. The van der Waals surface area contributed by atoms with E-state index in [1.807, 2.05) is 23.9 Å². The Kier molecular flexibility index (Phi) is 3.88. The van der Waals surface area contributed by atoms with Crippen LogP contribution >= 0.6 is 22.7 Å². The van der Waals surface area contributed by atoms with Gasteiger partial charge in [-0.05, 0) is 6.92 Å². The number of nitrogens with zero attached hydrogens (tertiary/aromatic N) is 5. The number of piperazine rings is 1. The van der Waals surface area contributed by atoms with Crippen molar-refractivity contribution in [1.82, 2.24) is 19.3 Å². The quantitative estimate of drug-likeness (QED) is 0.724. The van der Waals surface area contributed by atoms with Crippen molar-refractivity contribution in [3.63, 3.8) is 0 Å². The number of fused-ring (bicyclic) bond motifs is 1. The van der Waals surface area contributed by atoms with Crippen LogP contribution in [0, 0.1) is 6.92 Å². The number of thiazole rings is 2. The van der Waals surface area contributed by atoms with Gasteiger partial charge in [-0.3, -0.25) is 14.1 Å². The molecule has 0 bridgehead atoms. The molecular formula is C15H17N5OS2. The molecule has 3 aromatic rings. The normalized spacial score (nSPS) is 16.3. The summed E-state index contributed by atoms with van der Waals surface area (Å²) < 4.78 is 1.68. The van der Waals surface area contributed by atoms with E-state index in [-0.39, 0.29) is 5.56 Å². The minimum Gasteiger partial charge on any atom is -0.346 e. The Bertz CT molecular complexity index is 862. The van der Waals surface area contributed by atoms with E-state index >= 15 is 0 Å². The monoisotopic (exact) mass is 347 g/mol. The van der Waals surface area contributed by atoms with Gasteiger partial charge in [0.2, 0.25) is 0 Å². The average molecular weight is 347 g/mol. The molecule has 0 atom stereocenters. The molecule has 4 rings (SSSR count). The van der Waals surface area contributed by atoms with Crippen LogP contribution in [0.4, 0.5) is 5.13 Å². The molecule has 0 aromatic carbocycles. The standard InChI is InChI=1S/C15H17N5OS2/c1-11-10-23-15-17-12(8-13(21)20(11)15)9-18-3-5-19(6-4-18)14-16-2-7-22-14/h2,7-8,10H,3-6,9H2,1H3. The summed E-state index contributed by atoms with van der Waals surface area (Å²) in [4.78, 5) is 26.7. The van der Waals surface area contributed by atoms with Gasteiger partial charge in [0, 0.05) is 61.4 Å². The van der Waals surface area contributed by atoms with E-state index in [0.29, 0.717) is 0 Å². The molecule has 1 aliphatic heterocycles. The van der Waals surface area contributed by atoms with Gasteiger partial charge in [0.25, 0.3) is 5.56 Å². The van der Waals surface area contributed by atoms with Crippen molar-refractivity contribution in [2.24, 2.45) is 0 Å². The molecule has 0 amide bonds. The average Bonchev–Trinajstić information content (AvgIpc) is 3.18. The number of anilines is 1. The molecule has 0 radical (unpaired) electrons. The van der Waals surface area contributed by atoms with Crippen molar-refractivity contribution in [1.29, 1.82) is 0 Å². The third-order valence-electron chi connectivity index (χ3n) is 4.08. The number of aryl methyl sites for hydroxylation is 1. The maximum absolute atomic E-state index is 12.2. The summed E-state index contributed by atoms with van der Waals surface area (Å²) in [6.45, 7) is 6.52. The Labute approximate surface area is 141 Å². The second kappa shape index (κ2) is 6.03. The fraction of sp³-hybridized carbons (Fsp3) is 0.400. The summed E-state index contributed by atoms with van der Waals surface area (Å²) in [7, 11) is 0. The first kappa shape index (κ1) is 14.8. The molecular weight excluding hydrogens is 330 g/mol. The lowest BCUT2D eigenvalue weighted by Crippen LogP contribution is -2.46. The van der Waals surface area contributed by atoms with Crippen molar-refractivity contribution in [3.8, 4) is 0 Å². The SMILES string of the molecule is Cc1csc2nc(CN3CCN(c4nccs4)CC3)cc(=O)n12. The molecule has 8 heteroatoms. The van der Waals surface area contributed by atoms with Crippen LogP contribution in [-0.4, -0.2) is 45.4 Å². The highest BCUT2D eigenvalue weighted by Crippen LogP contribution is 2.19. The molecule has 0 N–H and O–H groups in total. The van der Waals surface area contributed by atoms with Gasteiger partial charge < -0.3 is 4.90 Å². The summed E-state index contributed by atoms with van der Waals surface area (Å²) >= 11 is 3.20. The molecule has 0 saturated carbocycles. The molecule has 0 unspecified atom stereocenters. The Hall–Kier alpha value is -1.77. The summed E-state index contributed by atoms with van der Waals surface area (Å²) in [5.74, 6) is 0. The van der Waals surface area contributed by atoms with Crippen molar-refractivity contribution in [2.75, 3.05) is 31.1 Å². The van der Waals surface area contributed by atoms with Crippen LogP contribution < -0.4 is 10.5 Å². The zero-order valence-corrected chi connectivity index (χ0v) is 14.4. The maximum Gasteiger partial charge on any atom is 0.259 e. The Balaban J connectivity index is 1.46. The van der Waals surface area contributed by atoms with E-state index in [1.54, 1.807) is 21.8 Å². The van der Waals surface area contributed by atoms with E-state index in [4.69, 9.17) is 0 Å². The summed E-state index contributed by atoms with van der Waals surface area (Å²) in [5, 5.41) is 5.08. The highest BCUT2D eigenvalue weighted by Gasteiger charge is 2.19. The van der Waals surface area contributed by atoms with Crippen LogP contribution in [0.1, 0.15) is 11.4 Å². The van der Waals surface area contributed by atoms with Gasteiger partial charge in [-0.2, -0.15) is 0 Å². The van der Waals surface area contributed by atoms with E-state index in [1.165, 1.54) is 11.3 Å². The van der Waals surface area contributed by atoms with Crippen LogP contribution in [-0.2, 0) is 6.54 Å². The van der Waals surface area contributed by atoms with Gasteiger partial charge in [-0.15, -0.1) is 22.7 Å². The lowest BCUT2D eigenvalue weighted by molar-refractivity contribution is 0.247. The van der Waals surface area contributed by atoms with Crippen molar-refractivity contribution in [2.45, 2.75) is 13.5 Å². The lowest BCUT2D eigenvalue weighted by Gasteiger charge is -2.34. The third-order valence-corrected chi connectivity index (χ3v) is 5.85. The fourth-order valence-electron chi connectivity index (χ4n) is 2.88. The van der Waals surface area contributed by atoms with Gasteiger partial charge in [0.05, 0.1) is 5.69 Å². The van der Waals surface area contributed by atoms with E-state index in [0.717, 1.165) is 54.2 Å². The molecule has 23 heavy (non-hydrogen) atoms. The van der Waals surface area contributed by atoms with Crippen LogP contribution in [0.25, 0.3) is 4.96 Å². The molecule has 4 heterocycles. The smallest absolute Gasteiger partial charge is 0.259 e. The Morgan fingerprint density at radius 3 is 2.78 bits per heavy atom. The minimum atomic E-state index is 0.0187. The fourth-order valence-corrected chi connectivity index (χ4v) is 4.47. The molecule has 0 aliphatic carbocycles. The molecule has 1 fully saturated rings. The second-order valence-corrected chi connectivity index (χ2v) is 7.37. The predicted octanol–water partition coefficient (Wildman–Crippen LogP) is 1.84. The summed E-state index contributed by atoms with van der Waals surface area (Å²) in [6.07, 6.45) is 1.85. The topological polar surface area (TPSA) is 53.7 Å². The second-order valence-electron chi connectivity index (χ2n) is 5.66. The van der Waals surface area contributed by atoms with Crippen molar-refractivity contribution >= 4 is 32.8 Å². The minimum absolute atomic E-state index is 0.0187. The lowest BCUT2D eigenvalue weighted by atomic mass is 10.3. The maximum atomic E-state index is 12.2. The van der Waals surface area contributed by atoms with Gasteiger partial charge in [0.15, 0.2) is 10.1 Å². The summed E-state index contributed by atoms with van der Waals surface area (Å²) in [6, 6.07) is 1.67. The van der Waals surface area contributed by atoms with Gasteiger partial charge in [0.1, 0.15) is 0 Å². The van der Waals surface area contributed by atoms with Crippen LogP contribution in [0.15, 0.2) is 27.8 Å². The van der Waals surface area contributed by atoms with Gasteiger partial charge in [-0.25, -0.2) is 9.97 Å². The number of rotatable bonds is 3. The number of hydrogen-bond acceptors (Lipinski definition) is 7. The first-order valence-corrected chi connectivity index (χ1v) is 9.30. The Morgan fingerprint density at radius 2 is 2.04 bits per heavy atom. The van der Waals surface area contributed by atoms with Gasteiger partial charge in [-0.1, -0.05) is 0 Å². The molecule has 120 valence electrons. The molecule has 0 spiro atoms. The van der Waals surface area contributed by atoms with E-state index in [9.17, 15) is 4.79 Å². The third kappa shape index (κ3) is 2.89. The number of aromatic nitrogens is 3. The zero-order valence-electron chi connectivity index (χ0n) is 12.8. The highest BCUT2D eigenvalue weighted by atomic mass is 32.1. The molecule has 1 saturated heterocycles. The van der Waals surface area contributed by atoms with Gasteiger partial charge >= 0.3 is 0 Å². The zero-order chi connectivity index (χ0) is 15.8. The molecule has 1 aliphatic rings. The first-order valence-electron chi connectivity index (χ1n) is 7.54. The van der Waals surface area contributed by atoms with Crippen LogP contribution in [0.5, 0.6) is 0 Å². The van der Waals surface area contributed by atoms with E-state index in [2.05, 4.69) is 19.8 Å². The van der Waals surface area contributed by atoms with Crippen LogP contribution in [0.3, 0.4) is 0 Å². The van der Waals surface area contributed by atoms with Crippen molar-refractivity contribution in [3.05, 3.63) is 44.8 Å². The molecule has 3 aromatic heterocycles. The predicted molar refractivity (Wildman–Crippen MR) is 93.7 cm³/mol. The van der Waals surface area contributed by atoms with Crippen LogP contribution in [0.2, 0.25) is 0 Å². The first-order chi connectivity index (χ1) is 11.2. The van der Waals surface area contributed by atoms with E-state index < -0.39 is 0 Å².